The molecule has 0 aliphatic heterocycles. The van der Waals surface area contributed by atoms with Crippen molar-refractivity contribution in [1.82, 2.24) is 20.2 Å². The van der Waals surface area contributed by atoms with Crippen LogP contribution in [0.25, 0.3) is 11.0 Å². The van der Waals surface area contributed by atoms with E-state index in [9.17, 15) is 4.79 Å². The quantitative estimate of drug-likeness (QED) is 0.758. The number of nitrogens with one attached hydrogen (secondary N) is 2. The van der Waals surface area contributed by atoms with Crippen LogP contribution in [0.3, 0.4) is 0 Å². The molecule has 2 N–H and O–H groups in total. The summed E-state index contributed by atoms with van der Waals surface area (Å²) in [6.45, 7) is 7.02. The fourth-order valence-electron chi connectivity index (χ4n) is 2.31. The van der Waals surface area contributed by atoms with Gasteiger partial charge in [-0.2, -0.15) is 0 Å². The van der Waals surface area contributed by atoms with E-state index in [0.29, 0.717) is 13.0 Å². The first kappa shape index (κ1) is 14.5. The Morgan fingerprint density at radius 1 is 1.40 bits per heavy atom. The van der Waals surface area contributed by atoms with Gasteiger partial charge in [0.05, 0.1) is 0 Å². The Balaban J connectivity index is 1.80. The molecule has 1 amide bonds. The Morgan fingerprint density at radius 3 is 2.95 bits per heavy atom. The number of hydrogen-bond acceptors (Lipinski definition) is 3. The molecule has 20 heavy (non-hydrogen) atoms. The molecule has 0 atom stereocenters. The molecule has 5 heteroatoms. The van der Waals surface area contributed by atoms with Crippen LogP contribution in [0.15, 0.2) is 24.5 Å². The molecule has 0 bridgehead atoms. The molecule has 2 aromatic rings. The fraction of sp³-hybridized carbons (Fsp3) is 0.467. The molecular weight excluding hydrogens is 252 g/mol. The first-order valence-electron chi connectivity index (χ1n) is 7.15. The van der Waals surface area contributed by atoms with Gasteiger partial charge in [0.15, 0.2) is 0 Å². The summed E-state index contributed by atoms with van der Waals surface area (Å²) < 4.78 is 0. The first-order valence-corrected chi connectivity index (χ1v) is 7.15. The van der Waals surface area contributed by atoms with E-state index in [-0.39, 0.29) is 5.91 Å². The number of carbonyl (C=O) groups excluding carboxylic acids is 1. The zero-order chi connectivity index (χ0) is 14.4. The summed E-state index contributed by atoms with van der Waals surface area (Å²) in [4.78, 5) is 21.1. The van der Waals surface area contributed by atoms with Gasteiger partial charge in [0, 0.05) is 50.4 Å². The summed E-state index contributed by atoms with van der Waals surface area (Å²) in [5.41, 5.74) is 2.09. The Labute approximate surface area is 119 Å². The molecule has 2 aromatic heterocycles. The van der Waals surface area contributed by atoms with Crippen LogP contribution in [0.2, 0.25) is 0 Å². The van der Waals surface area contributed by atoms with E-state index < -0.39 is 0 Å². The molecule has 108 valence electrons. The van der Waals surface area contributed by atoms with Crippen LogP contribution in [-0.2, 0) is 11.3 Å². The van der Waals surface area contributed by atoms with Crippen LogP contribution in [-0.4, -0.2) is 40.4 Å². The van der Waals surface area contributed by atoms with Crippen molar-refractivity contribution in [2.75, 3.05) is 19.6 Å². The van der Waals surface area contributed by atoms with Crippen LogP contribution in [0, 0.1) is 0 Å². The molecular formula is C15H22N4O. The lowest BCUT2D eigenvalue weighted by Gasteiger charge is -2.18. The molecule has 0 spiro atoms. The van der Waals surface area contributed by atoms with Gasteiger partial charge < -0.3 is 15.2 Å². The zero-order valence-corrected chi connectivity index (χ0v) is 12.1. The summed E-state index contributed by atoms with van der Waals surface area (Å²) in [7, 11) is 0. The van der Waals surface area contributed by atoms with E-state index in [2.05, 4.69) is 21.4 Å². The minimum atomic E-state index is 0.211. The molecule has 0 aliphatic carbocycles. The molecule has 0 aliphatic rings. The highest BCUT2D eigenvalue weighted by Gasteiger charge is 2.09. The maximum absolute atomic E-state index is 11.8. The number of fused-ring (bicyclic) bond motifs is 1. The molecule has 0 unspecified atom stereocenters. The van der Waals surface area contributed by atoms with Gasteiger partial charge in [0.2, 0.25) is 5.91 Å². The Bertz CT molecular complexity index is 560. The summed E-state index contributed by atoms with van der Waals surface area (Å²) >= 11 is 0. The van der Waals surface area contributed by atoms with Crippen molar-refractivity contribution in [3.8, 4) is 0 Å². The Kier molecular flexibility index (Phi) is 5.12. The van der Waals surface area contributed by atoms with Crippen LogP contribution in [0.5, 0.6) is 0 Å². The maximum Gasteiger partial charge on any atom is 0.223 e. The minimum Gasteiger partial charge on any atom is -0.346 e. The molecule has 2 rings (SSSR count). The lowest BCUT2D eigenvalue weighted by atomic mass is 10.2. The van der Waals surface area contributed by atoms with Gasteiger partial charge in [0.25, 0.3) is 0 Å². The molecule has 0 saturated heterocycles. The van der Waals surface area contributed by atoms with Crippen molar-refractivity contribution in [3.05, 3.63) is 30.1 Å². The second kappa shape index (κ2) is 7.05. The second-order valence-electron chi connectivity index (χ2n) is 4.71. The van der Waals surface area contributed by atoms with Crippen molar-refractivity contribution in [1.29, 1.82) is 0 Å². The van der Waals surface area contributed by atoms with Crippen molar-refractivity contribution < 1.29 is 4.79 Å². The van der Waals surface area contributed by atoms with Crippen LogP contribution in [0.4, 0.5) is 0 Å². The van der Waals surface area contributed by atoms with E-state index in [0.717, 1.165) is 30.7 Å². The van der Waals surface area contributed by atoms with E-state index in [1.807, 2.05) is 31.0 Å². The highest BCUT2D eigenvalue weighted by atomic mass is 16.2. The molecule has 0 fully saturated rings. The second-order valence-corrected chi connectivity index (χ2v) is 4.71. The lowest BCUT2D eigenvalue weighted by Crippen LogP contribution is -2.32. The van der Waals surface area contributed by atoms with Crippen molar-refractivity contribution in [3.63, 3.8) is 0 Å². The predicted molar refractivity (Wildman–Crippen MR) is 80.3 cm³/mol. The molecule has 5 nitrogen and oxygen atoms in total. The topological polar surface area (TPSA) is 61.0 Å². The number of H-pyrrole nitrogens is 1. The molecule has 0 radical (unpaired) electrons. The fourth-order valence-corrected chi connectivity index (χ4v) is 2.31. The third-order valence-electron chi connectivity index (χ3n) is 3.48. The van der Waals surface area contributed by atoms with Gasteiger partial charge in [-0.05, 0) is 31.5 Å². The summed E-state index contributed by atoms with van der Waals surface area (Å²) in [6, 6.07) is 3.99. The number of rotatable bonds is 7. The monoisotopic (exact) mass is 274 g/mol. The Hall–Kier alpha value is -1.88. The SMILES string of the molecule is CCN(CC)C(=O)CCNCc1c[nH]c2ncccc12. The number of aromatic amines is 1. The minimum absolute atomic E-state index is 0.211. The zero-order valence-electron chi connectivity index (χ0n) is 12.1. The van der Waals surface area contributed by atoms with Gasteiger partial charge in [-0.15, -0.1) is 0 Å². The van der Waals surface area contributed by atoms with Crippen LogP contribution < -0.4 is 5.32 Å². The van der Waals surface area contributed by atoms with Gasteiger partial charge in [-0.3, -0.25) is 4.79 Å². The van der Waals surface area contributed by atoms with Crippen molar-refractivity contribution >= 4 is 16.9 Å². The number of aromatic nitrogens is 2. The van der Waals surface area contributed by atoms with E-state index in [1.165, 1.54) is 5.56 Å². The average molecular weight is 274 g/mol. The summed E-state index contributed by atoms with van der Waals surface area (Å²) in [6.07, 6.45) is 4.29. The number of hydrogen-bond donors (Lipinski definition) is 2. The van der Waals surface area contributed by atoms with Crippen LogP contribution >= 0.6 is 0 Å². The summed E-state index contributed by atoms with van der Waals surface area (Å²) in [5.74, 6) is 0.211. The highest BCUT2D eigenvalue weighted by Crippen LogP contribution is 2.14. The van der Waals surface area contributed by atoms with E-state index >= 15 is 0 Å². The van der Waals surface area contributed by atoms with Crippen molar-refractivity contribution in [2.24, 2.45) is 0 Å². The van der Waals surface area contributed by atoms with E-state index in [1.54, 1.807) is 6.20 Å². The van der Waals surface area contributed by atoms with Crippen LogP contribution in [0.1, 0.15) is 25.8 Å². The van der Waals surface area contributed by atoms with Gasteiger partial charge in [0.1, 0.15) is 5.65 Å². The molecule has 0 saturated carbocycles. The number of amides is 1. The highest BCUT2D eigenvalue weighted by molar-refractivity contribution is 5.79. The number of pyridine rings is 1. The maximum atomic E-state index is 11.8. The van der Waals surface area contributed by atoms with Gasteiger partial charge in [-0.25, -0.2) is 4.98 Å². The average Bonchev–Trinajstić information content (AvgIpc) is 2.88. The van der Waals surface area contributed by atoms with Crippen molar-refractivity contribution in [2.45, 2.75) is 26.8 Å². The summed E-state index contributed by atoms with van der Waals surface area (Å²) in [5, 5.41) is 4.45. The largest absolute Gasteiger partial charge is 0.346 e. The lowest BCUT2D eigenvalue weighted by molar-refractivity contribution is -0.130. The smallest absolute Gasteiger partial charge is 0.223 e. The Morgan fingerprint density at radius 2 is 2.20 bits per heavy atom. The van der Waals surface area contributed by atoms with Gasteiger partial charge in [-0.1, -0.05) is 0 Å². The first-order chi connectivity index (χ1) is 9.76. The molecule has 0 aromatic carbocycles. The standard InChI is InChI=1S/C15H22N4O/c1-3-19(4-2)14(20)7-9-16-10-12-11-18-15-13(12)6-5-8-17-15/h5-6,8,11,16H,3-4,7,9-10H2,1-2H3,(H,17,18). The number of nitrogens with zero attached hydrogens (tertiary/aromatic N) is 2. The molecule has 2 heterocycles. The number of carbonyl (C=O) groups is 1. The van der Waals surface area contributed by atoms with Gasteiger partial charge >= 0.3 is 0 Å². The third-order valence-corrected chi connectivity index (χ3v) is 3.48. The third kappa shape index (κ3) is 3.36. The normalized spacial score (nSPS) is 10.9. The van der Waals surface area contributed by atoms with E-state index in [4.69, 9.17) is 0 Å². The predicted octanol–water partition coefficient (Wildman–Crippen LogP) is 1.91.